The van der Waals surface area contributed by atoms with Gasteiger partial charge in [0.05, 0.1) is 0 Å². The standard InChI is InChI=1S/C22H36O2/c1-4-22-12-9-15(14-24-3)13-16(22)5-6-17-18-7-8-20(23)21(18,2)11-10-19(17)22/h15-19H,4-14H2,1-3H3. The number of ether oxygens (including phenoxy) is 1. The highest BCUT2D eigenvalue weighted by Crippen LogP contribution is 2.66. The molecule has 7 unspecified atom stereocenters. The van der Waals surface area contributed by atoms with Crippen LogP contribution in [0.1, 0.15) is 78.1 Å². The maximum absolute atomic E-state index is 12.5. The maximum atomic E-state index is 12.5. The highest BCUT2D eigenvalue weighted by atomic mass is 16.5. The van der Waals surface area contributed by atoms with Gasteiger partial charge in [-0.1, -0.05) is 13.8 Å². The molecule has 0 aromatic heterocycles. The zero-order valence-corrected chi connectivity index (χ0v) is 16.0. The summed E-state index contributed by atoms with van der Waals surface area (Å²) in [5, 5.41) is 0. The molecule has 2 heteroatoms. The molecule has 2 nitrogen and oxygen atoms in total. The van der Waals surface area contributed by atoms with Crippen LogP contribution in [-0.2, 0) is 9.53 Å². The van der Waals surface area contributed by atoms with Gasteiger partial charge >= 0.3 is 0 Å². The Morgan fingerprint density at radius 1 is 1.08 bits per heavy atom. The molecule has 0 spiro atoms. The van der Waals surface area contributed by atoms with E-state index < -0.39 is 0 Å². The average molecular weight is 333 g/mol. The third-order valence-electron chi connectivity index (χ3n) is 9.24. The molecule has 4 fully saturated rings. The number of hydrogen-bond donors (Lipinski definition) is 0. The minimum atomic E-state index is 0.0379. The van der Waals surface area contributed by atoms with Gasteiger partial charge in [-0.3, -0.25) is 4.79 Å². The van der Waals surface area contributed by atoms with E-state index in [1.165, 1.54) is 57.8 Å². The molecule has 4 rings (SSSR count). The van der Waals surface area contributed by atoms with Gasteiger partial charge in [-0.25, -0.2) is 0 Å². The summed E-state index contributed by atoms with van der Waals surface area (Å²) in [6.07, 6.45) is 12.9. The lowest BCUT2D eigenvalue weighted by Crippen LogP contribution is -2.54. The fraction of sp³-hybridized carbons (Fsp3) is 0.955. The van der Waals surface area contributed by atoms with Crippen LogP contribution in [0.25, 0.3) is 0 Å². The van der Waals surface area contributed by atoms with Crippen molar-refractivity contribution in [3.05, 3.63) is 0 Å². The van der Waals surface area contributed by atoms with E-state index in [0.717, 1.165) is 36.7 Å². The van der Waals surface area contributed by atoms with Gasteiger partial charge in [-0.15, -0.1) is 0 Å². The van der Waals surface area contributed by atoms with Crippen molar-refractivity contribution in [3.8, 4) is 0 Å². The van der Waals surface area contributed by atoms with Crippen LogP contribution in [0.4, 0.5) is 0 Å². The van der Waals surface area contributed by atoms with Gasteiger partial charge in [-0.2, -0.15) is 0 Å². The van der Waals surface area contributed by atoms with Crippen molar-refractivity contribution in [2.24, 2.45) is 40.4 Å². The lowest BCUT2D eigenvalue weighted by atomic mass is 9.43. The number of hydrogen-bond acceptors (Lipinski definition) is 2. The zero-order valence-electron chi connectivity index (χ0n) is 16.0. The Balaban J connectivity index is 1.59. The third kappa shape index (κ3) is 2.27. The molecule has 0 aromatic rings. The average Bonchev–Trinajstić information content (AvgIpc) is 2.90. The van der Waals surface area contributed by atoms with E-state index in [0.29, 0.717) is 17.1 Å². The van der Waals surface area contributed by atoms with Crippen molar-refractivity contribution in [2.75, 3.05) is 13.7 Å². The van der Waals surface area contributed by atoms with Crippen molar-refractivity contribution in [2.45, 2.75) is 78.1 Å². The summed E-state index contributed by atoms with van der Waals surface area (Å²) in [5.74, 6) is 4.73. The summed E-state index contributed by atoms with van der Waals surface area (Å²) in [6.45, 7) is 5.72. The highest BCUT2D eigenvalue weighted by Gasteiger charge is 2.60. The van der Waals surface area contributed by atoms with Crippen molar-refractivity contribution in [1.29, 1.82) is 0 Å². The van der Waals surface area contributed by atoms with Gasteiger partial charge in [0.15, 0.2) is 0 Å². The van der Waals surface area contributed by atoms with Crippen LogP contribution >= 0.6 is 0 Å². The minimum absolute atomic E-state index is 0.0379. The molecule has 7 atom stereocenters. The summed E-state index contributed by atoms with van der Waals surface area (Å²) in [5.41, 5.74) is 0.621. The Kier molecular flexibility index (Phi) is 4.34. The number of Topliss-reactive ketones (excluding diaryl/α,β-unsaturated/α-hetero) is 1. The molecule has 0 amide bonds. The fourth-order valence-electron chi connectivity index (χ4n) is 8.01. The van der Waals surface area contributed by atoms with Crippen LogP contribution in [0, 0.1) is 40.4 Å². The van der Waals surface area contributed by atoms with E-state index in [1.807, 2.05) is 7.11 Å². The van der Waals surface area contributed by atoms with E-state index in [4.69, 9.17) is 4.74 Å². The molecule has 0 N–H and O–H groups in total. The van der Waals surface area contributed by atoms with Crippen LogP contribution < -0.4 is 0 Å². The summed E-state index contributed by atoms with van der Waals surface area (Å²) in [6, 6.07) is 0. The second kappa shape index (κ2) is 6.11. The molecular formula is C22H36O2. The molecule has 0 radical (unpaired) electrons. The first-order chi connectivity index (χ1) is 11.5. The predicted molar refractivity (Wildman–Crippen MR) is 96.7 cm³/mol. The predicted octanol–water partition coefficient (Wildman–Crippen LogP) is 5.25. The Morgan fingerprint density at radius 3 is 2.67 bits per heavy atom. The molecule has 0 saturated heterocycles. The van der Waals surface area contributed by atoms with Gasteiger partial charge in [0.25, 0.3) is 0 Å². The van der Waals surface area contributed by atoms with Gasteiger partial charge < -0.3 is 4.74 Å². The Hall–Kier alpha value is -0.370. The molecule has 4 saturated carbocycles. The number of rotatable bonds is 3. The first kappa shape index (κ1) is 17.1. The molecule has 0 aromatic carbocycles. The van der Waals surface area contributed by atoms with Crippen molar-refractivity contribution in [1.82, 2.24) is 0 Å². The van der Waals surface area contributed by atoms with Crippen LogP contribution in [0.2, 0.25) is 0 Å². The molecule has 24 heavy (non-hydrogen) atoms. The van der Waals surface area contributed by atoms with E-state index in [1.54, 1.807) is 0 Å². The zero-order chi connectivity index (χ0) is 16.9. The lowest BCUT2D eigenvalue weighted by Gasteiger charge is -2.61. The topological polar surface area (TPSA) is 26.3 Å². The van der Waals surface area contributed by atoms with Crippen molar-refractivity contribution >= 4 is 5.78 Å². The van der Waals surface area contributed by atoms with Crippen molar-refractivity contribution in [3.63, 3.8) is 0 Å². The molecule has 0 aliphatic heterocycles. The molecule has 0 bridgehead atoms. The van der Waals surface area contributed by atoms with Gasteiger partial charge in [0, 0.05) is 25.6 Å². The van der Waals surface area contributed by atoms with Crippen LogP contribution in [0.3, 0.4) is 0 Å². The smallest absolute Gasteiger partial charge is 0.139 e. The first-order valence-corrected chi connectivity index (χ1v) is 10.6. The summed E-state index contributed by atoms with van der Waals surface area (Å²) >= 11 is 0. The Bertz CT molecular complexity index is 500. The monoisotopic (exact) mass is 332 g/mol. The first-order valence-electron chi connectivity index (χ1n) is 10.6. The Labute approximate surface area is 148 Å². The van der Waals surface area contributed by atoms with E-state index >= 15 is 0 Å². The minimum Gasteiger partial charge on any atom is -0.384 e. The number of methoxy groups -OCH3 is 1. The number of carbonyl (C=O) groups is 1. The van der Waals surface area contributed by atoms with Crippen molar-refractivity contribution < 1.29 is 9.53 Å². The highest BCUT2D eigenvalue weighted by molar-refractivity contribution is 5.87. The number of ketones is 1. The summed E-state index contributed by atoms with van der Waals surface area (Å²) in [7, 11) is 1.86. The largest absolute Gasteiger partial charge is 0.384 e. The molecule has 4 aliphatic carbocycles. The van der Waals surface area contributed by atoms with E-state index in [9.17, 15) is 4.79 Å². The normalized spacial score (nSPS) is 51.0. The summed E-state index contributed by atoms with van der Waals surface area (Å²) < 4.78 is 5.48. The summed E-state index contributed by atoms with van der Waals surface area (Å²) in [4.78, 5) is 12.5. The quantitative estimate of drug-likeness (QED) is 0.705. The van der Waals surface area contributed by atoms with E-state index in [-0.39, 0.29) is 5.41 Å². The second-order valence-corrected chi connectivity index (χ2v) is 9.75. The molecule has 4 aliphatic rings. The Morgan fingerprint density at radius 2 is 1.92 bits per heavy atom. The third-order valence-corrected chi connectivity index (χ3v) is 9.24. The second-order valence-electron chi connectivity index (χ2n) is 9.75. The van der Waals surface area contributed by atoms with Crippen LogP contribution in [-0.4, -0.2) is 19.5 Å². The number of fused-ring (bicyclic) bond motifs is 5. The fourth-order valence-corrected chi connectivity index (χ4v) is 8.01. The molecular weight excluding hydrogens is 296 g/mol. The van der Waals surface area contributed by atoms with Gasteiger partial charge in [0.2, 0.25) is 0 Å². The SMILES string of the molecule is CCC12CCC(COC)CC1CCC1C3CCC(=O)C3(C)CCC12. The van der Waals surface area contributed by atoms with Crippen LogP contribution in [0.5, 0.6) is 0 Å². The lowest BCUT2D eigenvalue weighted by molar-refractivity contribution is -0.144. The van der Waals surface area contributed by atoms with Gasteiger partial charge in [-0.05, 0) is 92.8 Å². The van der Waals surface area contributed by atoms with Gasteiger partial charge in [0.1, 0.15) is 5.78 Å². The van der Waals surface area contributed by atoms with E-state index in [2.05, 4.69) is 13.8 Å². The molecule has 0 heterocycles. The number of carbonyl (C=O) groups excluding carboxylic acids is 1. The van der Waals surface area contributed by atoms with Crippen LogP contribution in [0.15, 0.2) is 0 Å². The maximum Gasteiger partial charge on any atom is 0.139 e. The molecule has 136 valence electrons.